The Kier molecular flexibility index (Phi) is 1.89. The van der Waals surface area contributed by atoms with Crippen LogP contribution in [0.3, 0.4) is 0 Å². The van der Waals surface area contributed by atoms with Crippen LogP contribution >= 0.6 is 0 Å². The first-order valence-corrected chi connectivity index (χ1v) is 3.38. The van der Waals surface area contributed by atoms with Gasteiger partial charge in [0.1, 0.15) is 16.3 Å². The predicted molar refractivity (Wildman–Crippen MR) is 40.6 cm³/mol. The summed E-state index contributed by atoms with van der Waals surface area (Å²) in [6, 6.07) is 2.60. The summed E-state index contributed by atoms with van der Waals surface area (Å²) >= 11 is 0. The quantitative estimate of drug-likeness (QED) is 0.539. The summed E-state index contributed by atoms with van der Waals surface area (Å²) in [5, 5.41) is 19.5. The third-order valence-electron chi connectivity index (χ3n) is 1.37. The maximum Gasteiger partial charge on any atom is 0.433 e. The van der Waals surface area contributed by atoms with Crippen molar-refractivity contribution in [2.45, 2.75) is 19.4 Å². The molecule has 1 N–H and O–H groups in total. The molecule has 1 aromatic rings. The molecule has 0 spiro atoms. The normalized spacial score (nSPS) is 11.6. The van der Waals surface area contributed by atoms with Crippen LogP contribution in [0.15, 0.2) is 16.5 Å². The first-order valence-electron chi connectivity index (χ1n) is 3.38. The SMILES string of the molecule is CC(C)(O)c1ccc([N+](=O)[O-])o1. The van der Waals surface area contributed by atoms with Gasteiger partial charge >= 0.3 is 5.88 Å². The molecule has 0 aromatic carbocycles. The second-order valence-corrected chi connectivity index (χ2v) is 2.95. The smallest absolute Gasteiger partial charge is 0.403 e. The lowest BCUT2D eigenvalue weighted by molar-refractivity contribution is -0.402. The van der Waals surface area contributed by atoms with Gasteiger partial charge in [0, 0.05) is 0 Å². The Labute approximate surface area is 68.8 Å². The van der Waals surface area contributed by atoms with Gasteiger partial charge in [0.05, 0.1) is 6.07 Å². The van der Waals surface area contributed by atoms with Gasteiger partial charge in [-0.15, -0.1) is 0 Å². The number of nitro groups is 1. The molecule has 1 aromatic heterocycles. The van der Waals surface area contributed by atoms with E-state index >= 15 is 0 Å². The lowest BCUT2D eigenvalue weighted by Gasteiger charge is -2.11. The highest BCUT2D eigenvalue weighted by Crippen LogP contribution is 2.25. The Bertz CT molecular complexity index is 297. The van der Waals surface area contributed by atoms with Crippen LogP contribution in [0.4, 0.5) is 5.88 Å². The number of hydrogen-bond donors (Lipinski definition) is 1. The molecule has 1 rings (SSSR count). The third-order valence-corrected chi connectivity index (χ3v) is 1.37. The van der Waals surface area contributed by atoms with Crippen molar-refractivity contribution in [3.63, 3.8) is 0 Å². The fourth-order valence-corrected chi connectivity index (χ4v) is 0.755. The van der Waals surface area contributed by atoms with Crippen LogP contribution in [0.1, 0.15) is 19.6 Å². The molecule has 0 amide bonds. The van der Waals surface area contributed by atoms with Crippen molar-refractivity contribution in [1.29, 1.82) is 0 Å². The van der Waals surface area contributed by atoms with E-state index in [4.69, 9.17) is 4.42 Å². The zero-order chi connectivity index (χ0) is 9.35. The molecule has 0 fully saturated rings. The van der Waals surface area contributed by atoms with E-state index in [1.807, 2.05) is 0 Å². The Balaban J connectivity index is 3.00. The second kappa shape index (κ2) is 2.60. The summed E-state index contributed by atoms with van der Waals surface area (Å²) < 4.78 is 4.76. The summed E-state index contributed by atoms with van der Waals surface area (Å²) in [7, 11) is 0. The van der Waals surface area contributed by atoms with Crippen LogP contribution in [0.25, 0.3) is 0 Å². The summed E-state index contributed by atoms with van der Waals surface area (Å²) in [6.07, 6.45) is 0. The monoisotopic (exact) mass is 171 g/mol. The van der Waals surface area contributed by atoms with Gasteiger partial charge in [0.25, 0.3) is 0 Å². The van der Waals surface area contributed by atoms with E-state index in [1.165, 1.54) is 26.0 Å². The molecule has 1 heterocycles. The minimum Gasteiger partial charge on any atom is -0.403 e. The van der Waals surface area contributed by atoms with Crippen molar-refractivity contribution in [1.82, 2.24) is 0 Å². The summed E-state index contributed by atoms with van der Waals surface area (Å²) in [6.45, 7) is 2.99. The second-order valence-electron chi connectivity index (χ2n) is 2.95. The third kappa shape index (κ3) is 1.62. The van der Waals surface area contributed by atoms with Crippen LogP contribution < -0.4 is 0 Å². The maximum absolute atomic E-state index is 10.2. The average Bonchev–Trinajstić information content (AvgIpc) is 2.30. The van der Waals surface area contributed by atoms with Crippen LogP contribution in [-0.4, -0.2) is 10.0 Å². The molecule has 0 aliphatic carbocycles. The van der Waals surface area contributed by atoms with Crippen molar-refractivity contribution in [3.05, 3.63) is 28.0 Å². The lowest BCUT2D eigenvalue weighted by atomic mass is 10.1. The van der Waals surface area contributed by atoms with Gasteiger partial charge in [-0.2, -0.15) is 0 Å². The molecule has 66 valence electrons. The van der Waals surface area contributed by atoms with Gasteiger partial charge < -0.3 is 9.52 Å². The minimum atomic E-state index is -1.17. The van der Waals surface area contributed by atoms with Gasteiger partial charge in [0.15, 0.2) is 0 Å². The number of nitrogens with zero attached hydrogens (tertiary/aromatic N) is 1. The summed E-state index contributed by atoms with van der Waals surface area (Å²) in [4.78, 5) is 9.53. The van der Waals surface area contributed by atoms with Gasteiger partial charge in [-0.3, -0.25) is 10.1 Å². The van der Waals surface area contributed by atoms with E-state index in [2.05, 4.69) is 0 Å². The molecule has 0 unspecified atom stereocenters. The average molecular weight is 171 g/mol. The zero-order valence-corrected chi connectivity index (χ0v) is 6.77. The number of aliphatic hydroxyl groups is 1. The number of hydrogen-bond acceptors (Lipinski definition) is 4. The van der Waals surface area contributed by atoms with E-state index in [-0.39, 0.29) is 11.6 Å². The maximum atomic E-state index is 10.2. The van der Waals surface area contributed by atoms with Crippen molar-refractivity contribution < 1.29 is 14.4 Å². The lowest BCUT2D eigenvalue weighted by Crippen LogP contribution is -2.13. The zero-order valence-electron chi connectivity index (χ0n) is 6.77. The highest BCUT2D eigenvalue weighted by Gasteiger charge is 2.23. The molecule has 0 radical (unpaired) electrons. The Morgan fingerprint density at radius 1 is 1.58 bits per heavy atom. The standard InChI is InChI=1S/C7H9NO4/c1-7(2,9)5-3-4-6(12-5)8(10)11/h3-4,9H,1-2H3. The van der Waals surface area contributed by atoms with Crippen LogP contribution in [0.2, 0.25) is 0 Å². The molecule has 0 atom stereocenters. The molecular weight excluding hydrogens is 162 g/mol. The van der Waals surface area contributed by atoms with Crippen LogP contribution in [0, 0.1) is 10.1 Å². The van der Waals surface area contributed by atoms with Gasteiger partial charge in [-0.05, 0) is 19.9 Å². The van der Waals surface area contributed by atoms with E-state index in [1.54, 1.807) is 0 Å². The van der Waals surface area contributed by atoms with E-state index in [9.17, 15) is 15.2 Å². The van der Waals surface area contributed by atoms with Crippen molar-refractivity contribution in [2.24, 2.45) is 0 Å². The molecule has 0 bridgehead atoms. The van der Waals surface area contributed by atoms with Crippen molar-refractivity contribution in [3.8, 4) is 0 Å². The molecule has 5 heteroatoms. The van der Waals surface area contributed by atoms with Gasteiger partial charge in [-0.1, -0.05) is 0 Å². The molecule has 0 saturated carbocycles. The van der Waals surface area contributed by atoms with E-state index in [0.717, 1.165) is 0 Å². The molecule has 0 aliphatic heterocycles. The Morgan fingerprint density at radius 3 is 2.42 bits per heavy atom. The van der Waals surface area contributed by atoms with Gasteiger partial charge in [-0.25, -0.2) is 0 Å². The topological polar surface area (TPSA) is 76.5 Å². The van der Waals surface area contributed by atoms with Crippen molar-refractivity contribution in [2.75, 3.05) is 0 Å². The van der Waals surface area contributed by atoms with Gasteiger partial charge in [0.2, 0.25) is 0 Å². The first kappa shape index (κ1) is 8.73. The van der Waals surface area contributed by atoms with E-state index in [0.29, 0.717) is 0 Å². The predicted octanol–water partition coefficient (Wildman–Crippen LogP) is 1.42. The molecular formula is C7H9NO4. The number of furan rings is 1. The fraction of sp³-hybridized carbons (Fsp3) is 0.429. The molecule has 5 nitrogen and oxygen atoms in total. The van der Waals surface area contributed by atoms with Crippen molar-refractivity contribution >= 4 is 5.88 Å². The summed E-state index contributed by atoms with van der Waals surface area (Å²) in [5.74, 6) is -0.165. The Hall–Kier alpha value is -1.36. The Morgan fingerprint density at radius 2 is 2.17 bits per heavy atom. The fourth-order valence-electron chi connectivity index (χ4n) is 0.755. The highest BCUT2D eigenvalue weighted by atomic mass is 16.6. The first-order chi connectivity index (χ1) is 5.41. The molecule has 0 aliphatic rings. The number of rotatable bonds is 2. The molecule has 12 heavy (non-hydrogen) atoms. The summed E-state index contributed by atoms with van der Waals surface area (Å²) in [5.41, 5.74) is -1.17. The van der Waals surface area contributed by atoms with E-state index < -0.39 is 10.5 Å². The highest BCUT2D eigenvalue weighted by molar-refractivity contribution is 5.20. The van der Waals surface area contributed by atoms with Crippen LogP contribution in [-0.2, 0) is 5.60 Å². The minimum absolute atomic E-state index is 0.189. The van der Waals surface area contributed by atoms with Crippen LogP contribution in [0.5, 0.6) is 0 Å². The largest absolute Gasteiger partial charge is 0.433 e. The molecule has 0 saturated heterocycles.